The third-order valence-corrected chi connectivity index (χ3v) is 2.83. The van der Waals surface area contributed by atoms with Crippen LogP contribution in [0.15, 0.2) is 22.7 Å². The quantitative estimate of drug-likeness (QED) is 0.714. The molecule has 1 aliphatic rings. The molecule has 14 heavy (non-hydrogen) atoms. The van der Waals surface area contributed by atoms with Crippen molar-refractivity contribution in [2.45, 2.75) is 6.42 Å². The fourth-order valence-corrected chi connectivity index (χ4v) is 2.08. The fraction of sp³-hybridized carbons (Fsp3) is 0.300. The Labute approximate surface area is 90.8 Å². The summed E-state index contributed by atoms with van der Waals surface area (Å²) in [6, 6.07) is 5.90. The summed E-state index contributed by atoms with van der Waals surface area (Å²) in [6.45, 7) is 0.707. The second kappa shape index (κ2) is 3.61. The molecular weight excluding hydrogens is 246 g/mol. The molecule has 1 aliphatic heterocycles. The number of benzene rings is 1. The van der Waals surface area contributed by atoms with Gasteiger partial charge in [-0.3, -0.25) is 4.90 Å². The van der Waals surface area contributed by atoms with Gasteiger partial charge in [0.1, 0.15) is 0 Å². The third kappa shape index (κ3) is 1.50. The smallest absolute Gasteiger partial charge is 0.414 e. The Morgan fingerprint density at radius 3 is 3.07 bits per heavy atom. The number of carbonyl (C=O) groups is 1. The first-order valence-corrected chi connectivity index (χ1v) is 5.15. The Kier molecular flexibility index (Phi) is 2.46. The molecule has 2 rings (SSSR count). The standard InChI is InChI=1S/C10H10BrNO2/c1-14-10(13)12-5-4-7-6-8(11)2-3-9(7)12/h2-3,6H,4-5H2,1H3. The van der Waals surface area contributed by atoms with Crippen LogP contribution in [0.2, 0.25) is 0 Å². The van der Waals surface area contributed by atoms with Gasteiger partial charge in [0.25, 0.3) is 0 Å². The zero-order valence-electron chi connectivity index (χ0n) is 7.79. The SMILES string of the molecule is COC(=O)N1CCc2cc(Br)ccc21. The number of fused-ring (bicyclic) bond motifs is 1. The van der Waals surface area contributed by atoms with Crippen molar-refractivity contribution >= 4 is 27.7 Å². The number of hydrogen-bond acceptors (Lipinski definition) is 2. The van der Waals surface area contributed by atoms with Crippen molar-refractivity contribution in [3.05, 3.63) is 28.2 Å². The highest BCUT2D eigenvalue weighted by Gasteiger charge is 2.24. The lowest BCUT2D eigenvalue weighted by Crippen LogP contribution is -2.28. The van der Waals surface area contributed by atoms with E-state index in [0.29, 0.717) is 6.54 Å². The molecule has 74 valence electrons. The van der Waals surface area contributed by atoms with Crippen molar-refractivity contribution in [3.63, 3.8) is 0 Å². The first kappa shape index (κ1) is 9.52. The molecule has 0 N–H and O–H groups in total. The predicted octanol–water partition coefficient (Wildman–Crippen LogP) is 2.58. The molecular formula is C10H10BrNO2. The zero-order valence-corrected chi connectivity index (χ0v) is 9.37. The minimum atomic E-state index is -0.286. The molecule has 4 heteroatoms. The van der Waals surface area contributed by atoms with E-state index in [1.807, 2.05) is 18.2 Å². The van der Waals surface area contributed by atoms with Gasteiger partial charge in [0.15, 0.2) is 0 Å². The number of carbonyl (C=O) groups excluding carboxylic acids is 1. The molecule has 0 bridgehead atoms. The minimum absolute atomic E-state index is 0.286. The van der Waals surface area contributed by atoms with Crippen LogP contribution in [0.1, 0.15) is 5.56 Å². The second-order valence-electron chi connectivity index (χ2n) is 3.14. The summed E-state index contributed by atoms with van der Waals surface area (Å²) >= 11 is 3.40. The van der Waals surface area contributed by atoms with Crippen LogP contribution in [-0.4, -0.2) is 19.7 Å². The van der Waals surface area contributed by atoms with E-state index >= 15 is 0 Å². The summed E-state index contributed by atoms with van der Waals surface area (Å²) in [6.07, 6.45) is 0.607. The predicted molar refractivity (Wildman–Crippen MR) is 57.6 cm³/mol. The van der Waals surface area contributed by atoms with E-state index in [2.05, 4.69) is 15.9 Å². The van der Waals surface area contributed by atoms with E-state index in [4.69, 9.17) is 4.74 Å². The molecule has 0 spiro atoms. The number of ether oxygens (including phenoxy) is 1. The fourth-order valence-electron chi connectivity index (χ4n) is 1.67. The molecule has 3 nitrogen and oxygen atoms in total. The van der Waals surface area contributed by atoms with Crippen LogP contribution in [0.25, 0.3) is 0 Å². The van der Waals surface area contributed by atoms with Crippen LogP contribution in [0, 0.1) is 0 Å². The molecule has 1 heterocycles. The normalized spacial score (nSPS) is 14.0. The van der Waals surface area contributed by atoms with E-state index in [1.54, 1.807) is 4.90 Å². The van der Waals surface area contributed by atoms with Crippen LogP contribution in [-0.2, 0) is 11.2 Å². The number of methoxy groups -OCH3 is 1. The molecule has 0 saturated heterocycles. The van der Waals surface area contributed by atoms with Gasteiger partial charge in [-0.15, -0.1) is 0 Å². The Morgan fingerprint density at radius 2 is 2.36 bits per heavy atom. The largest absolute Gasteiger partial charge is 0.452 e. The molecule has 0 aromatic heterocycles. The summed E-state index contributed by atoms with van der Waals surface area (Å²) in [7, 11) is 1.40. The lowest BCUT2D eigenvalue weighted by Gasteiger charge is -2.14. The molecule has 1 amide bonds. The van der Waals surface area contributed by atoms with Gasteiger partial charge in [0.2, 0.25) is 0 Å². The van der Waals surface area contributed by atoms with Gasteiger partial charge in [-0.1, -0.05) is 15.9 Å². The summed E-state index contributed by atoms with van der Waals surface area (Å²) < 4.78 is 5.74. The van der Waals surface area contributed by atoms with Gasteiger partial charge >= 0.3 is 6.09 Å². The molecule has 0 aliphatic carbocycles. The van der Waals surface area contributed by atoms with Gasteiger partial charge in [-0.25, -0.2) is 4.79 Å². The van der Waals surface area contributed by atoms with Crippen LogP contribution >= 0.6 is 15.9 Å². The molecule has 0 atom stereocenters. The number of nitrogens with zero attached hydrogens (tertiary/aromatic N) is 1. The monoisotopic (exact) mass is 255 g/mol. The maximum atomic E-state index is 11.4. The van der Waals surface area contributed by atoms with Gasteiger partial charge < -0.3 is 4.74 Å². The highest BCUT2D eigenvalue weighted by atomic mass is 79.9. The van der Waals surface area contributed by atoms with Crippen molar-refractivity contribution in [3.8, 4) is 0 Å². The second-order valence-corrected chi connectivity index (χ2v) is 4.06. The van der Waals surface area contributed by atoms with Crippen LogP contribution in [0.3, 0.4) is 0 Å². The van der Waals surface area contributed by atoms with E-state index in [0.717, 1.165) is 16.6 Å². The van der Waals surface area contributed by atoms with Crippen molar-refractivity contribution in [2.24, 2.45) is 0 Å². The maximum Gasteiger partial charge on any atom is 0.414 e. The van der Waals surface area contributed by atoms with Crippen LogP contribution < -0.4 is 4.90 Å². The van der Waals surface area contributed by atoms with Gasteiger partial charge in [0, 0.05) is 11.0 Å². The van der Waals surface area contributed by atoms with Gasteiger partial charge in [0.05, 0.1) is 12.8 Å². The highest BCUT2D eigenvalue weighted by molar-refractivity contribution is 9.10. The summed E-state index contributed by atoms with van der Waals surface area (Å²) in [4.78, 5) is 13.0. The van der Waals surface area contributed by atoms with Crippen LogP contribution in [0.4, 0.5) is 10.5 Å². The van der Waals surface area contributed by atoms with E-state index in [-0.39, 0.29) is 6.09 Å². The first-order chi connectivity index (χ1) is 6.72. The number of amides is 1. The van der Waals surface area contributed by atoms with E-state index in [1.165, 1.54) is 12.7 Å². The number of rotatable bonds is 0. The Bertz CT molecular complexity index is 378. The summed E-state index contributed by atoms with van der Waals surface area (Å²) in [5.74, 6) is 0. The van der Waals surface area contributed by atoms with Crippen molar-refractivity contribution in [1.29, 1.82) is 0 Å². The van der Waals surface area contributed by atoms with Crippen LogP contribution in [0.5, 0.6) is 0 Å². The average molecular weight is 256 g/mol. The number of hydrogen-bond donors (Lipinski definition) is 0. The molecule has 0 saturated carbocycles. The maximum absolute atomic E-state index is 11.4. The van der Waals surface area contributed by atoms with E-state index < -0.39 is 0 Å². The molecule has 0 radical (unpaired) electrons. The average Bonchev–Trinajstić information content (AvgIpc) is 2.59. The Morgan fingerprint density at radius 1 is 1.57 bits per heavy atom. The lowest BCUT2D eigenvalue weighted by atomic mass is 10.2. The zero-order chi connectivity index (χ0) is 10.1. The Hall–Kier alpha value is -1.03. The van der Waals surface area contributed by atoms with Crippen molar-refractivity contribution < 1.29 is 9.53 Å². The molecule has 1 aromatic carbocycles. The Balaban J connectivity index is 2.35. The summed E-state index contributed by atoms with van der Waals surface area (Å²) in [5, 5.41) is 0. The van der Waals surface area contributed by atoms with Gasteiger partial charge in [-0.2, -0.15) is 0 Å². The minimum Gasteiger partial charge on any atom is -0.452 e. The van der Waals surface area contributed by atoms with Crippen molar-refractivity contribution in [2.75, 3.05) is 18.6 Å². The molecule has 1 aromatic rings. The topological polar surface area (TPSA) is 29.5 Å². The third-order valence-electron chi connectivity index (χ3n) is 2.33. The van der Waals surface area contributed by atoms with Gasteiger partial charge in [-0.05, 0) is 30.2 Å². The molecule has 0 fully saturated rings. The highest BCUT2D eigenvalue weighted by Crippen LogP contribution is 2.30. The van der Waals surface area contributed by atoms with E-state index in [9.17, 15) is 4.79 Å². The lowest BCUT2D eigenvalue weighted by molar-refractivity contribution is 0.179. The summed E-state index contributed by atoms with van der Waals surface area (Å²) in [5.41, 5.74) is 2.14. The first-order valence-electron chi connectivity index (χ1n) is 4.36. The molecule has 0 unspecified atom stereocenters. The van der Waals surface area contributed by atoms with Crippen molar-refractivity contribution in [1.82, 2.24) is 0 Å². The number of halogens is 1. The number of anilines is 1.